The highest BCUT2D eigenvalue weighted by atomic mass is 32.2. The van der Waals surface area contributed by atoms with Crippen molar-refractivity contribution < 1.29 is 21.0 Å². The predicted molar refractivity (Wildman–Crippen MR) is 101 cm³/mol. The summed E-state index contributed by atoms with van der Waals surface area (Å²) in [5.41, 5.74) is 1.48. The Bertz CT molecular complexity index is 1150. The molecule has 1 heterocycles. The normalized spacial score (nSPS) is 12.3. The summed E-state index contributed by atoms with van der Waals surface area (Å²) in [6.45, 7) is 1.33. The zero-order valence-electron chi connectivity index (χ0n) is 14.5. The van der Waals surface area contributed by atoms with Gasteiger partial charge in [-0.25, -0.2) is 13.1 Å². The van der Waals surface area contributed by atoms with Gasteiger partial charge in [-0.05, 0) is 43.3 Å². The molecule has 0 fully saturated rings. The molecule has 0 bridgehead atoms. The molecule has 0 atom stereocenters. The van der Waals surface area contributed by atoms with Crippen molar-refractivity contribution in [3.8, 4) is 0 Å². The van der Waals surface area contributed by atoms with Gasteiger partial charge in [0.15, 0.2) is 0 Å². The number of nitrogens with zero attached hydrogens (tertiary/aromatic N) is 1. The fraction of sp³-hybridized carbons (Fsp3) is 0.167. The number of nitrogens with one attached hydrogen (secondary N) is 1. The molecule has 0 amide bonds. The highest BCUT2D eigenvalue weighted by Crippen LogP contribution is 2.21. The Morgan fingerprint density at radius 2 is 1.70 bits per heavy atom. The molecule has 0 aliphatic rings. The van der Waals surface area contributed by atoms with Crippen LogP contribution in [0, 0.1) is 6.92 Å². The van der Waals surface area contributed by atoms with Gasteiger partial charge in [0.25, 0.3) is 10.1 Å². The van der Waals surface area contributed by atoms with Gasteiger partial charge in [0, 0.05) is 18.1 Å². The molecule has 27 heavy (non-hydrogen) atoms. The van der Waals surface area contributed by atoms with Crippen molar-refractivity contribution in [3.63, 3.8) is 0 Å². The summed E-state index contributed by atoms with van der Waals surface area (Å²) in [5, 5.41) is 0.487. The first-order valence-corrected chi connectivity index (χ1v) is 11.0. The Labute approximate surface area is 158 Å². The first kappa shape index (κ1) is 19.4. The quantitative estimate of drug-likeness (QED) is 0.477. The third kappa shape index (κ3) is 4.51. The van der Waals surface area contributed by atoms with Crippen molar-refractivity contribution in [2.45, 2.75) is 16.7 Å². The SMILES string of the molecule is Cc1ccc(S(=O)(=O)OCCNS(=O)(=O)c2cccc3ncccc23)cc1. The lowest BCUT2D eigenvalue weighted by atomic mass is 10.2. The number of benzene rings is 2. The van der Waals surface area contributed by atoms with Crippen molar-refractivity contribution >= 4 is 31.0 Å². The summed E-state index contributed by atoms with van der Waals surface area (Å²) in [4.78, 5) is 4.23. The average molecular weight is 406 g/mol. The van der Waals surface area contributed by atoms with Gasteiger partial charge in [-0.15, -0.1) is 0 Å². The minimum atomic E-state index is -3.94. The van der Waals surface area contributed by atoms with E-state index in [9.17, 15) is 16.8 Å². The zero-order valence-corrected chi connectivity index (χ0v) is 16.1. The lowest BCUT2D eigenvalue weighted by Crippen LogP contribution is -2.28. The average Bonchev–Trinajstić information content (AvgIpc) is 2.65. The molecule has 1 aromatic heterocycles. The smallest absolute Gasteiger partial charge is 0.265 e. The Kier molecular flexibility index (Phi) is 5.56. The van der Waals surface area contributed by atoms with E-state index in [0.717, 1.165) is 5.56 Å². The van der Waals surface area contributed by atoms with Crippen molar-refractivity contribution in [2.24, 2.45) is 0 Å². The molecule has 0 aliphatic heterocycles. The summed E-state index contributed by atoms with van der Waals surface area (Å²) >= 11 is 0. The van der Waals surface area contributed by atoms with E-state index in [-0.39, 0.29) is 22.9 Å². The van der Waals surface area contributed by atoms with Crippen LogP contribution in [0.5, 0.6) is 0 Å². The maximum absolute atomic E-state index is 12.5. The van der Waals surface area contributed by atoms with Crippen molar-refractivity contribution in [3.05, 3.63) is 66.4 Å². The molecule has 3 rings (SSSR count). The molecule has 0 radical (unpaired) electrons. The van der Waals surface area contributed by atoms with E-state index in [0.29, 0.717) is 10.9 Å². The van der Waals surface area contributed by atoms with Crippen LogP contribution in [0.15, 0.2) is 70.6 Å². The number of aryl methyl sites for hydroxylation is 1. The van der Waals surface area contributed by atoms with Gasteiger partial charge in [-0.2, -0.15) is 8.42 Å². The second kappa shape index (κ2) is 7.73. The summed E-state index contributed by atoms with van der Waals surface area (Å²) in [6, 6.07) is 14.3. The summed E-state index contributed by atoms with van der Waals surface area (Å²) in [6.07, 6.45) is 1.58. The maximum Gasteiger partial charge on any atom is 0.297 e. The Morgan fingerprint density at radius 3 is 2.44 bits per heavy atom. The fourth-order valence-corrected chi connectivity index (χ4v) is 4.62. The standard InChI is InChI=1S/C18H18N2O5S2/c1-14-7-9-15(10-8-14)27(23,24)25-13-12-20-26(21,22)18-6-2-5-17-16(18)4-3-11-19-17/h2-11,20H,12-13H2,1H3. The van der Waals surface area contributed by atoms with E-state index in [1.807, 2.05) is 6.92 Å². The van der Waals surface area contributed by atoms with E-state index in [2.05, 4.69) is 9.71 Å². The second-order valence-electron chi connectivity index (χ2n) is 5.81. The molecular formula is C18H18N2O5S2. The lowest BCUT2D eigenvalue weighted by Gasteiger charge is -2.10. The van der Waals surface area contributed by atoms with Gasteiger partial charge in [0.2, 0.25) is 10.0 Å². The molecule has 7 nitrogen and oxygen atoms in total. The molecule has 2 aromatic carbocycles. The van der Waals surface area contributed by atoms with Gasteiger partial charge in [0.1, 0.15) is 0 Å². The topological polar surface area (TPSA) is 102 Å². The molecule has 142 valence electrons. The number of hydrogen-bond acceptors (Lipinski definition) is 6. The zero-order chi connectivity index (χ0) is 19.5. The molecule has 0 saturated heterocycles. The third-order valence-corrected chi connectivity index (χ3v) is 6.68. The number of pyridine rings is 1. The van der Waals surface area contributed by atoms with E-state index in [1.54, 1.807) is 42.6 Å². The van der Waals surface area contributed by atoms with Crippen LogP contribution >= 0.6 is 0 Å². The van der Waals surface area contributed by atoms with Crippen LogP contribution in [0.1, 0.15) is 5.56 Å². The number of rotatable bonds is 7. The van der Waals surface area contributed by atoms with E-state index < -0.39 is 20.1 Å². The molecule has 3 aromatic rings. The Hall–Kier alpha value is -2.33. The van der Waals surface area contributed by atoms with Gasteiger partial charge < -0.3 is 0 Å². The molecule has 0 unspecified atom stereocenters. The monoisotopic (exact) mass is 406 g/mol. The van der Waals surface area contributed by atoms with Gasteiger partial charge in [-0.1, -0.05) is 23.8 Å². The van der Waals surface area contributed by atoms with E-state index in [4.69, 9.17) is 4.18 Å². The molecule has 1 N–H and O–H groups in total. The molecule has 0 spiro atoms. The highest BCUT2D eigenvalue weighted by Gasteiger charge is 2.19. The van der Waals surface area contributed by atoms with E-state index in [1.165, 1.54) is 18.2 Å². The number of hydrogen-bond donors (Lipinski definition) is 1. The predicted octanol–water partition coefficient (Wildman–Crippen LogP) is 2.23. The maximum atomic E-state index is 12.5. The van der Waals surface area contributed by atoms with Crippen LogP contribution in [0.4, 0.5) is 0 Å². The second-order valence-corrected chi connectivity index (χ2v) is 9.16. The minimum absolute atomic E-state index is 0.0242. The minimum Gasteiger partial charge on any atom is -0.265 e. The largest absolute Gasteiger partial charge is 0.297 e. The van der Waals surface area contributed by atoms with Crippen molar-refractivity contribution in [2.75, 3.05) is 13.2 Å². The molecule has 0 saturated carbocycles. The van der Waals surface area contributed by atoms with Gasteiger partial charge in [-0.3, -0.25) is 9.17 Å². The lowest BCUT2D eigenvalue weighted by molar-refractivity contribution is 0.322. The summed E-state index contributed by atoms with van der Waals surface area (Å²) < 4.78 is 56.5. The third-order valence-electron chi connectivity index (χ3n) is 3.84. The molecular weight excluding hydrogens is 388 g/mol. The van der Waals surface area contributed by atoms with Crippen LogP contribution in [-0.2, 0) is 24.3 Å². The fourth-order valence-electron chi connectivity index (χ4n) is 2.49. The van der Waals surface area contributed by atoms with Crippen LogP contribution in [0.2, 0.25) is 0 Å². The van der Waals surface area contributed by atoms with Crippen molar-refractivity contribution in [1.82, 2.24) is 9.71 Å². The number of fused-ring (bicyclic) bond motifs is 1. The number of aromatic nitrogens is 1. The summed E-state index contributed by atoms with van der Waals surface area (Å²) in [7, 11) is -7.78. The van der Waals surface area contributed by atoms with Gasteiger partial charge in [0.05, 0.1) is 21.9 Å². The Morgan fingerprint density at radius 1 is 0.963 bits per heavy atom. The van der Waals surface area contributed by atoms with Gasteiger partial charge >= 0.3 is 0 Å². The highest BCUT2D eigenvalue weighted by molar-refractivity contribution is 7.89. The Balaban J connectivity index is 1.67. The van der Waals surface area contributed by atoms with Crippen LogP contribution in [-0.4, -0.2) is 35.0 Å². The van der Waals surface area contributed by atoms with Crippen LogP contribution in [0.25, 0.3) is 10.9 Å². The first-order chi connectivity index (χ1) is 12.8. The van der Waals surface area contributed by atoms with E-state index >= 15 is 0 Å². The first-order valence-electron chi connectivity index (χ1n) is 8.09. The number of sulfonamides is 1. The van der Waals surface area contributed by atoms with Crippen LogP contribution < -0.4 is 4.72 Å². The molecule has 0 aliphatic carbocycles. The van der Waals surface area contributed by atoms with Crippen molar-refractivity contribution in [1.29, 1.82) is 0 Å². The summed E-state index contributed by atoms with van der Waals surface area (Å²) in [5.74, 6) is 0. The van der Waals surface area contributed by atoms with Crippen LogP contribution in [0.3, 0.4) is 0 Å². The molecule has 9 heteroatoms.